The third kappa shape index (κ3) is 2.33. The lowest BCUT2D eigenvalue weighted by Gasteiger charge is -2.08. The van der Waals surface area contributed by atoms with Crippen LogP contribution in [0.5, 0.6) is 5.75 Å². The molecular formula is C20H17N3O. The first kappa shape index (κ1) is 14.5. The fraction of sp³-hybridized carbons (Fsp3) is 0.100. The molecular weight excluding hydrogens is 298 g/mol. The molecule has 0 bridgehead atoms. The number of fused-ring (bicyclic) bond motifs is 1. The molecule has 2 heterocycles. The molecule has 0 amide bonds. The Morgan fingerprint density at radius 1 is 0.917 bits per heavy atom. The molecule has 4 nitrogen and oxygen atoms in total. The molecule has 0 aliphatic carbocycles. The minimum absolute atomic E-state index is 0.237. The summed E-state index contributed by atoms with van der Waals surface area (Å²) >= 11 is 0. The Kier molecular flexibility index (Phi) is 3.31. The highest BCUT2D eigenvalue weighted by atomic mass is 16.3. The van der Waals surface area contributed by atoms with E-state index in [0.29, 0.717) is 0 Å². The smallest absolute Gasteiger partial charge is 0.156 e. The van der Waals surface area contributed by atoms with Crippen molar-refractivity contribution in [2.45, 2.75) is 13.8 Å². The van der Waals surface area contributed by atoms with Gasteiger partial charge in [0, 0.05) is 23.4 Å². The van der Waals surface area contributed by atoms with Crippen LogP contribution in [0.1, 0.15) is 11.1 Å². The van der Waals surface area contributed by atoms with Gasteiger partial charge in [0.25, 0.3) is 0 Å². The summed E-state index contributed by atoms with van der Waals surface area (Å²) in [7, 11) is 0. The Bertz CT molecular complexity index is 1050. The van der Waals surface area contributed by atoms with Crippen molar-refractivity contribution in [1.82, 2.24) is 14.6 Å². The second-order valence-electron chi connectivity index (χ2n) is 5.97. The number of hydrogen-bond acceptors (Lipinski definition) is 3. The van der Waals surface area contributed by atoms with E-state index in [1.54, 1.807) is 16.8 Å². The highest BCUT2D eigenvalue weighted by molar-refractivity contribution is 5.72. The van der Waals surface area contributed by atoms with Crippen molar-refractivity contribution < 1.29 is 5.11 Å². The lowest BCUT2D eigenvalue weighted by molar-refractivity contribution is 0.477. The topological polar surface area (TPSA) is 50.4 Å². The first-order valence-corrected chi connectivity index (χ1v) is 7.84. The van der Waals surface area contributed by atoms with Crippen LogP contribution < -0.4 is 0 Å². The molecule has 2 aromatic carbocycles. The van der Waals surface area contributed by atoms with Gasteiger partial charge in [0.2, 0.25) is 0 Å². The van der Waals surface area contributed by atoms with Crippen LogP contribution in [0.4, 0.5) is 0 Å². The van der Waals surface area contributed by atoms with Gasteiger partial charge >= 0.3 is 0 Å². The minimum atomic E-state index is 0.237. The van der Waals surface area contributed by atoms with Gasteiger partial charge in [-0.3, -0.25) is 0 Å². The predicted molar refractivity (Wildman–Crippen MR) is 95.0 cm³/mol. The van der Waals surface area contributed by atoms with Crippen molar-refractivity contribution in [2.75, 3.05) is 0 Å². The number of hydrogen-bond donors (Lipinski definition) is 1. The summed E-state index contributed by atoms with van der Waals surface area (Å²) in [6.45, 7) is 4.07. The number of aromatic hydroxyl groups is 1. The fourth-order valence-electron chi connectivity index (χ4n) is 2.95. The van der Waals surface area contributed by atoms with E-state index in [1.165, 1.54) is 5.56 Å². The largest absolute Gasteiger partial charge is 0.507 e. The van der Waals surface area contributed by atoms with Crippen LogP contribution in [-0.4, -0.2) is 19.7 Å². The molecule has 0 unspecified atom stereocenters. The van der Waals surface area contributed by atoms with E-state index in [9.17, 15) is 5.11 Å². The van der Waals surface area contributed by atoms with Crippen molar-refractivity contribution in [1.29, 1.82) is 0 Å². The molecule has 0 spiro atoms. The van der Waals surface area contributed by atoms with E-state index in [-0.39, 0.29) is 5.75 Å². The Labute approximate surface area is 140 Å². The maximum Gasteiger partial charge on any atom is 0.156 e. The average Bonchev–Trinajstić information content (AvgIpc) is 3.01. The summed E-state index contributed by atoms with van der Waals surface area (Å²) in [5, 5.41) is 15.0. The Morgan fingerprint density at radius 2 is 1.75 bits per heavy atom. The van der Waals surface area contributed by atoms with Crippen molar-refractivity contribution in [3.8, 4) is 28.3 Å². The maximum absolute atomic E-state index is 10.3. The van der Waals surface area contributed by atoms with Gasteiger partial charge in [-0.05, 0) is 37.6 Å². The van der Waals surface area contributed by atoms with Crippen LogP contribution in [0.2, 0.25) is 0 Å². The summed E-state index contributed by atoms with van der Waals surface area (Å²) in [5.74, 6) is 0.237. The summed E-state index contributed by atoms with van der Waals surface area (Å²) in [5.41, 5.74) is 6.54. The van der Waals surface area contributed by atoms with E-state index < -0.39 is 0 Å². The summed E-state index contributed by atoms with van der Waals surface area (Å²) in [6, 6.07) is 17.5. The molecule has 118 valence electrons. The molecule has 0 aliphatic heterocycles. The van der Waals surface area contributed by atoms with Crippen molar-refractivity contribution in [2.24, 2.45) is 0 Å². The zero-order chi connectivity index (χ0) is 16.7. The fourth-order valence-corrected chi connectivity index (χ4v) is 2.95. The second-order valence-corrected chi connectivity index (χ2v) is 5.97. The molecule has 4 rings (SSSR count). The monoisotopic (exact) mass is 315 g/mol. The van der Waals surface area contributed by atoms with E-state index >= 15 is 0 Å². The highest BCUT2D eigenvalue weighted by Gasteiger charge is 2.13. The normalized spacial score (nSPS) is 11.1. The van der Waals surface area contributed by atoms with Gasteiger partial charge in [0.15, 0.2) is 5.65 Å². The zero-order valence-electron chi connectivity index (χ0n) is 13.6. The van der Waals surface area contributed by atoms with Gasteiger partial charge in [0.05, 0.1) is 11.4 Å². The van der Waals surface area contributed by atoms with Gasteiger partial charge in [-0.15, -0.1) is 0 Å². The Morgan fingerprint density at radius 3 is 2.58 bits per heavy atom. The summed E-state index contributed by atoms with van der Waals surface area (Å²) in [6.07, 6.45) is 1.75. The maximum atomic E-state index is 10.3. The van der Waals surface area contributed by atoms with Gasteiger partial charge in [-0.1, -0.05) is 35.9 Å². The third-order valence-electron chi connectivity index (χ3n) is 4.21. The third-order valence-corrected chi connectivity index (χ3v) is 4.21. The van der Waals surface area contributed by atoms with E-state index in [2.05, 4.69) is 24.0 Å². The van der Waals surface area contributed by atoms with Gasteiger partial charge in [0.1, 0.15) is 5.75 Å². The Hall–Kier alpha value is -3.14. The number of nitrogens with zero attached hydrogens (tertiary/aromatic N) is 3. The second kappa shape index (κ2) is 5.49. The predicted octanol–water partition coefficient (Wildman–Crippen LogP) is 4.39. The molecule has 0 atom stereocenters. The standard InChI is InChI=1S/C20H17N3O/c1-13-7-8-19(24)16(11-13)18-9-10-21-20-12-17(22-23(18)20)15-6-4-3-5-14(15)2/h3-12,24H,1-2H3. The van der Waals surface area contributed by atoms with E-state index in [0.717, 1.165) is 33.7 Å². The SMILES string of the molecule is Cc1ccc(O)c(-c2ccnc3cc(-c4ccccc4C)nn23)c1. The number of phenolic OH excluding ortho intramolecular Hbond substituents is 1. The lowest BCUT2D eigenvalue weighted by Crippen LogP contribution is -1.96. The number of benzene rings is 2. The first-order chi connectivity index (χ1) is 11.6. The molecule has 1 N–H and O–H groups in total. The van der Waals surface area contributed by atoms with Crippen LogP contribution in [0.25, 0.3) is 28.2 Å². The van der Waals surface area contributed by atoms with Crippen LogP contribution >= 0.6 is 0 Å². The van der Waals surface area contributed by atoms with Crippen molar-refractivity contribution in [3.05, 3.63) is 71.9 Å². The molecule has 0 saturated carbocycles. The number of aromatic nitrogens is 3. The highest BCUT2D eigenvalue weighted by Crippen LogP contribution is 2.31. The summed E-state index contributed by atoms with van der Waals surface area (Å²) in [4.78, 5) is 4.41. The van der Waals surface area contributed by atoms with E-state index in [4.69, 9.17) is 5.10 Å². The molecule has 0 radical (unpaired) electrons. The molecule has 4 aromatic rings. The van der Waals surface area contributed by atoms with E-state index in [1.807, 2.05) is 43.3 Å². The Balaban J connectivity index is 1.96. The van der Waals surface area contributed by atoms with Crippen LogP contribution in [0, 0.1) is 13.8 Å². The number of aryl methyl sites for hydroxylation is 2. The first-order valence-electron chi connectivity index (χ1n) is 7.84. The van der Waals surface area contributed by atoms with Gasteiger partial charge < -0.3 is 5.11 Å². The van der Waals surface area contributed by atoms with Crippen LogP contribution in [0.15, 0.2) is 60.8 Å². The quantitative estimate of drug-likeness (QED) is 0.597. The molecule has 0 fully saturated rings. The van der Waals surface area contributed by atoms with Gasteiger partial charge in [-0.2, -0.15) is 5.10 Å². The van der Waals surface area contributed by atoms with Crippen molar-refractivity contribution >= 4 is 5.65 Å². The summed E-state index contributed by atoms with van der Waals surface area (Å²) < 4.78 is 1.79. The minimum Gasteiger partial charge on any atom is -0.507 e. The molecule has 24 heavy (non-hydrogen) atoms. The van der Waals surface area contributed by atoms with Crippen LogP contribution in [0.3, 0.4) is 0 Å². The molecule has 2 aromatic heterocycles. The molecule has 0 aliphatic rings. The van der Waals surface area contributed by atoms with Gasteiger partial charge in [-0.25, -0.2) is 9.50 Å². The number of phenols is 1. The lowest BCUT2D eigenvalue weighted by atomic mass is 10.1. The van der Waals surface area contributed by atoms with Crippen molar-refractivity contribution in [3.63, 3.8) is 0 Å². The number of rotatable bonds is 2. The average molecular weight is 315 g/mol. The zero-order valence-corrected chi connectivity index (χ0v) is 13.6. The van der Waals surface area contributed by atoms with Crippen LogP contribution in [-0.2, 0) is 0 Å². The molecule has 4 heteroatoms. The molecule has 0 saturated heterocycles.